The van der Waals surface area contributed by atoms with Crippen molar-refractivity contribution in [1.82, 2.24) is 26.1 Å². The van der Waals surface area contributed by atoms with Gasteiger partial charge in [0, 0.05) is 43.9 Å². The zero-order chi connectivity index (χ0) is 22.2. The van der Waals surface area contributed by atoms with Gasteiger partial charge in [0.2, 0.25) is 5.91 Å². The molecule has 1 aliphatic carbocycles. The third kappa shape index (κ3) is 9.73. The number of rotatable bonds is 10. The molecule has 0 unspecified atom stereocenters. The van der Waals surface area contributed by atoms with Crippen molar-refractivity contribution in [2.75, 3.05) is 19.7 Å². The first-order valence-corrected chi connectivity index (χ1v) is 10.5. The number of hydrogen-bond acceptors (Lipinski definition) is 5. The van der Waals surface area contributed by atoms with Gasteiger partial charge in [0.1, 0.15) is 0 Å². The first-order valence-electron chi connectivity index (χ1n) is 10.5. The molecule has 1 saturated carbocycles. The number of nitrogens with one attached hydrogen (secondary N) is 4. The summed E-state index contributed by atoms with van der Waals surface area (Å²) >= 11 is 0. The summed E-state index contributed by atoms with van der Waals surface area (Å²) in [5, 5.41) is 22.5. The second kappa shape index (κ2) is 15.3. The molecule has 5 N–H and O–H groups in total. The van der Waals surface area contributed by atoms with E-state index in [9.17, 15) is 9.59 Å². The predicted molar refractivity (Wildman–Crippen MR) is 112 cm³/mol. The molecule has 0 aliphatic heterocycles. The van der Waals surface area contributed by atoms with Crippen LogP contribution in [0.2, 0.25) is 0 Å². The lowest BCUT2D eigenvalue weighted by atomic mass is 9.83. The van der Waals surface area contributed by atoms with Crippen LogP contribution < -0.4 is 16.0 Å². The summed E-state index contributed by atoms with van der Waals surface area (Å²) in [6.45, 7) is 5.69. The Balaban J connectivity index is 0.00000141. The molecule has 10 heteroatoms. The van der Waals surface area contributed by atoms with Gasteiger partial charge in [-0.3, -0.25) is 14.7 Å². The molecule has 1 aromatic rings. The van der Waals surface area contributed by atoms with Crippen LogP contribution in [0.5, 0.6) is 0 Å². The molecule has 0 radical (unpaired) electrons. The van der Waals surface area contributed by atoms with Crippen LogP contribution in [0, 0.1) is 5.92 Å². The fourth-order valence-electron chi connectivity index (χ4n) is 3.33. The van der Waals surface area contributed by atoms with Crippen molar-refractivity contribution >= 4 is 18.4 Å². The molecule has 0 aromatic carbocycles. The molecule has 170 valence electrons. The van der Waals surface area contributed by atoms with E-state index in [2.05, 4.69) is 33.1 Å². The van der Waals surface area contributed by atoms with Crippen LogP contribution in [-0.4, -0.2) is 65.6 Å². The largest absolute Gasteiger partial charge is 0.483 e. The Kier molecular flexibility index (Phi) is 12.9. The van der Waals surface area contributed by atoms with Crippen LogP contribution in [0.25, 0.3) is 0 Å². The van der Waals surface area contributed by atoms with E-state index in [1.54, 1.807) is 6.20 Å². The Labute approximate surface area is 177 Å². The molecule has 1 aliphatic rings. The van der Waals surface area contributed by atoms with Gasteiger partial charge >= 0.3 is 6.03 Å². The normalized spacial score (nSPS) is 20.4. The minimum atomic E-state index is -0.250. The summed E-state index contributed by atoms with van der Waals surface area (Å²) in [5.41, 5.74) is 1.01. The molecule has 3 amide bonds. The van der Waals surface area contributed by atoms with Crippen molar-refractivity contribution < 1.29 is 24.2 Å². The minimum Gasteiger partial charge on any atom is -0.483 e. The first kappa shape index (κ1) is 25.4. The van der Waals surface area contributed by atoms with Crippen LogP contribution in [0.15, 0.2) is 12.3 Å². The molecule has 1 heterocycles. The molecule has 3 atom stereocenters. The van der Waals surface area contributed by atoms with Crippen LogP contribution in [0.1, 0.15) is 51.6 Å². The monoisotopic (exact) mass is 425 g/mol. The number of nitrogens with zero attached hydrogens (tertiary/aromatic N) is 1. The van der Waals surface area contributed by atoms with Gasteiger partial charge in [0.05, 0.1) is 12.1 Å². The summed E-state index contributed by atoms with van der Waals surface area (Å²) in [7, 11) is 0. The molecule has 1 fully saturated rings. The van der Waals surface area contributed by atoms with E-state index in [0.29, 0.717) is 26.1 Å². The molecule has 30 heavy (non-hydrogen) atoms. The van der Waals surface area contributed by atoms with Gasteiger partial charge in [-0.25, -0.2) is 4.79 Å². The number of aromatic amines is 1. The summed E-state index contributed by atoms with van der Waals surface area (Å²) in [5.74, 6) is -0.0149. The summed E-state index contributed by atoms with van der Waals surface area (Å²) in [4.78, 5) is 32.9. The predicted octanol–water partition coefficient (Wildman–Crippen LogP) is 1.44. The summed E-state index contributed by atoms with van der Waals surface area (Å²) < 4.78 is 5.96. The Morgan fingerprint density at radius 2 is 2.03 bits per heavy atom. The highest BCUT2D eigenvalue weighted by atomic mass is 16.5. The van der Waals surface area contributed by atoms with Gasteiger partial charge in [-0.05, 0) is 38.2 Å². The van der Waals surface area contributed by atoms with Crippen molar-refractivity contribution in [1.29, 1.82) is 0 Å². The van der Waals surface area contributed by atoms with Gasteiger partial charge in [-0.15, -0.1) is 0 Å². The lowest BCUT2D eigenvalue weighted by molar-refractivity contribution is -0.128. The van der Waals surface area contributed by atoms with Gasteiger partial charge in [0.25, 0.3) is 6.47 Å². The van der Waals surface area contributed by atoms with Crippen molar-refractivity contribution in [3.05, 3.63) is 18.0 Å². The average molecular weight is 426 g/mol. The third-order valence-corrected chi connectivity index (χ3v) is 4.80. The number of amides is 3. The van der Waals surface area contributed by atoms with Crippen LogP contribution in [-0.2, 0) is 20.7 Å². The number of carbonyl (C=O) groups excluding carboxylic acids is 2. The van der Waals surface area contributed by atoms with E-state index in [0.717, 1.165) is 37.8 Å². The van der Waals surface area contributed by atoms with E-state index < -0.39 is 0 Å². The summed E-state index contributed by atoms with van der Waals surface area (Å²) in [6.07, 6.45) is 6.24. The van der Waals surface area contributed by atoms with Crippen molar-refractivity contribution in [2.24, 2.45) is 5.92 Å². The van der Waals surface area contributed by atoms with Gasteiger partial charge in [0.15, 0.2) is 0 Å². The number of urea groups is 1. The molecule has 10 nitrogen and oxygen atoms in total. The molecular weight excluding hydrogens is 390 g/mol. The highest BCUT2D eigenvalue weighted by molar-refractivity contribution is 5.79. The van der Waals surface area contributed by atoms with Crippen LogP contribution in [0.3, 0.4) is 0 Å². The maximum Gasteiger partial charge on any atom is 0.315 e. The number of aromatic nitrogens is 2. The SMILES string of the molecule is CCCNC(=O)N[C@@H]1CC[C@H](C(=O)NCCc2ccn[nH]2)C[C@H]1OCCC.O=CO. The number of ether oxygens (including phenoxy) is 1. The maximum atomic E-state index is 12.5. The van der Waals surface area contributed by atoms with Gasteiger partial charge in [-0.1, -0.05) is 13.8 Å². The van der Waals surface area contributed by atoms with Crippen LogP contribution >= 0.6 is 0 Å². The lowest BCUT2D eigenvalue weighted by Gasteiger charge is -2.35. The zero-order valence-electron chi connectivity index (χ0n) is 17.9. The average Bonchev–Trinajstić information content (AvgIpc) is 3.25. The summed E-state index contributed by atoms with van der Waals surface area (Å²) in [6, 6.07) is 1.69. The third-order valence-electron chi connectivity index (χ3n) is 4.80. The second-order valence-corrected chi connectivity index (χ2v) is 7.15. The van der Waals surface area contributed by atoms with Crippen LogP contribution in [0.4, 0.5) is 4.79 Å². The lowest BCUT2D eigenvalue weighted by Crippen LogP contribution is -2.52. The highest BCUT2D eigenvalue weighted by Gasteiger charge is 2.35. The maximum absolute atomic E-state index is 12.5. The second-order valence-electron chi connectivity index (χ2n) is 7.15. The Morgan fingerprint density at radius 1 is 1.27 bits per heavy atom. The van der Waals surface area contributed by atoms with E-state index in [4.69, 9.17) is 14.6 Å². The van der Waals surface area contributed by atoms with E-state index in [1.807, 2.05) is 13.0 Å². The standard InChI is InChI=1S/C19H33N5O3.CH2O2/c1-3-9-21-19(26)23-16-6-5-14(13-17(16)27-12-4-2)18(25)20-10-7-15-8-11-22-24-15;2-1-3/h8,11,14,16-17H,3-7,9-10,12-13H2,1-2H3,(H,20,25)(H,22,24)(H2,21,23,26);1H,(H,2,3)/t14-,16+,17+;/m0./s1. The Bertz CT molecular complexity index is 611. The van der Waals surface area contributed by atoms with Crippen molar-refractivity contribution in [3.8, 4) is 0 Å². The van der Waals surface area contributed by atoms with E-state index in [-0.39, 0.29) is 36.5 Å². The fraction of sp³-hybridized carbons (Fsp3) is 0.700. The number of carboxylic acid groups (broad SMARTS) is 1. The molecule has 0 spiro atoms. The van der Waals surface area contributed by atoms with Crippen molar-refractivity contribution in [3.63, 3.8) is 0 Å². The quantitative estimate of drug-likeness (QED) is 0.359. The Hall–Kier alpha value is -2.62. The van der Waals surface area contributed by atoms with Gasteiger partial charge in [-0.2, -0.15) is 5.10 Å². The smallest absolute Gasteiger partial charge is 0.315 e. The fourth-order valence-corrected chi connectivity index (χ4v) is 3.33. The highest BCUT2D eigenvalue weighted by Crippen LogP contribution is 2.27. The van der Waals surface area contributed by atoms with E-state index >= 15 is 0 Å². The molecule has 0 saturated heterocycles. The minimum absolute atomic E-state index is 0.0533. The van der Waals surface area contributed by atoms with E-state index in [1.165, 1.54) is 0 Å². The topological polar surface area (TPSA) is 145 Å². The number of hydrogen-bond donors (Lipinski definition) is 5. The van der Waals surface area contributed by atoms with Gasteiger partial charge < -0.3 is 25.8 Å². The Morgan fingerprint density at radius 3 is 2.67 bits per heavy atom. The zero-order valence-corrected chi connectivity index (χ0v) is 17.9. The number of carbonyl (C=O) groups is 3. The van der Waals surface area contributed by atoms with Crippen molar-refractivity contribution in [2.45, 2.75) is 64.5 Å². The molecule has 0 bridgehead atoms. The molecule has 1 aromatic heterocycles. The molecular formula is C20H35N5O5. The first-order chi connectivity index (χ1) is 14.5. The number of H-pyrrole nitrogens is 1. The molecule has 2 rings (SSSR count).